The molecule has 168 valence electrons. The standard InChI is InChI=1S/C27H24BrClN2O2/c28-21-14-20-5-4-19-15-22(29)6-7-24(19)26(27(20)30-16-21)18-8-10-31(11-9-18)25(33)13-17-2-1-3-23(32)12-17/h1-7,12,14-16,18,26,32H,8-11,13H2. The number of amides is 1. The van der Waals surface area contributed by atoms with E-state index in [2.05, 4.69) is 40.2 Å². The first-order chi connectivity index (χ1) is 16.0. The highest BCUT2D eigenvalue weighted by atomic mass is 79.9. The molecule has 6 heteroatoms. The van der Waals surface area contributed by atoms with Gasteiger partial charge in [0.25, 0.3) is 0 Å². The van der Waals surface area contributed by atoms with Crippen LogP contribution in [0.4, 0.5) is 0 Å². The fourth-order valence-electron chi connectivity index (χ4n) is 5.07. The average Bonchev–Trinajstić information content (AvgIpc) is 2.95. The molecule has 5 rings (SSSR count). The van der Waals surface area contributed by atoms with Crippen LogP contribution in [0.25, 0.3) is 12.2 Å². The number of aromatic nitrogens is 1. The first-order valence-corrected chi connectivity index (χ1v) is 12.3. The van der Waals surface area contributed by atoms with Crippen LogP contribution < -0.4 is 0 Å². The molecule has 2 aliphatic rings. The number of halogens is 2. The van der Waals surface area contributed by atoms with Crippen molar-refractivity contribution in [1.29, 1.82) is 0 Å². The highest BCUT2D eigenvalue weighted by Gasteiger charge is 2.34. The van der Waals surface area contributed by atoms with Gasteiger partial charge >= 0.3 is 0 Å². The van der Waals surface area contributed by atoms with E-state index >= 15 is 0 Å². The topological polar surface area (TPSA) is 53.4 Å². The number of phenols is 1. The van der Waals surface area contributed by atoms with Gasteiger partial charge in [-0.15, -0.1) is 0 Å². The Balaban J connectivity index is 1.38. The van der Waals surface area contributed by atoms with Gasteiger partial charge in [-0.1, -0.05) is 42.0 Å². The lowest BCUT2D eigenvalue weighted by Crippen LogP contribution is -2.40. The Morgan fingerprint density at radius 3 is 2.67 bits per heavy atom. The predicted octanol–water partition coefficient (Wildman–Crippen LogP) is 6.30. The first kappa shape index (κ1) is 22.2. The Morgan fingerprint density at radius 1 is 1.09 bits per heavy atom. The Morgan fingerprint density at radius 2 is 1.88 bits per heavy atom. The molecule has 1 aliphatic heterocycles. The van der Waals surface area contributed by atoms with Crippen molar-refractivity contribution < 1.29 is 9.90 Å². The minimum atomic E-state index is 0.108. The molecule has 4 nitrogen and oxygen atoms in total. The molecule has 2 heterocycles. The van der Waals surface area contributed by atoms with Crippen molar-refractivity contribution in [3.63, 3.8) is 0 Å². The minimum absolute atomic E-state index is 0.108. The van der Waals surface area contributed by atoms with Crippen LogP contribution in [0, 0.1) is 5.92 Å². The molecule has 0 radical (unpaired) electrons. The van der Waals surface area contributed by atoms with E-state index < -0.39 is 0 Å². The van der Waals surface area contributed by atoms with Gasteiger partial charge in [0.15, 0.2) is 0 Å². The van der Waals surface area contributed by atoms with Gasteiger partial charge in [-0.05, 0) is 87.3 Å². The molecular weight excluding hydrogens is 500 g/mol. The molecule has 1 amide bonds. The van der Waals surface area contributed by atoms with E-state index in [4.69, 9.17) is 16.6 Å². The lowest BCUT2D eigenvalue weighted by molar-refractivity contribution is -0.131. The number of benzene rings is 2. The number of carbonyl (C=O) groups is 1. The van der Waals surface area contributed by atoms with Crippen LogP contribution in [0.3, 0.4) is 0 Å². The third-order valence-electron chi connectivity index (χ3n) is 6.67. The van der Waals surface area contributed by atoms with Crippen LogP contribution in [0.2, 0.25) is 5.02 Å². The van der Waals surface area contributed by atoms with Gasteiger partial charge in [0.2, 0.25) is 5.91 Å². The van der Waals surface area contributed by atoms with Gasteiger partial charge < -0.3 is 10.0 Å². The van der Waals surface area contributed by atoms with Crippen LogP contribution in [0.5, 0.6) is 5.75 Å². The van der Waals surface area contributed by atoms with Crippen LogP contribution in [-0.2, 0) is 11.2 Å². The summed E-state index contributed by atoms with van der Waals surface area (Å²) in [5.41, 5.74) is 5.41. The Bertz CT molecular complexity index is 1180. The Hall–Kier alpha value is -2.63. The summed E-state index contributed by atoms with van der Waals surface area (Å²) in [6.07, 6.45) is 8.25. The zero-order chi connectivity index (χ0) is 22.9. The van der Waals surface area contributed by atoms with E-state index in [1.165, 1.54) is 5.56 Å². The smallest absolute Gasteiger partial charge is 0.226 e. The number of fused-ring (bicyclic) bond motifs is 2. The molecular formula is C27H24BrClN2O2. The van der Waals surface area contributed by atoms with Gasteiger partial charge in [0.05, 0.1) is 12.1 Å². The molecule has 0 saturated carbocycles. The highest BCUT2D eigenvalue weighted by Crippen LogP contribution is 2.43. The van der Waals surface area contributed by atoms with Crippen LogP contribution in [-0.4, -0.2) is 34.0 Å². The summed E-state index contributed by atoms with van der Waals surface area (Å²) in [5.74, 6) is 0.828. The van der Waals surface area contributed by atoms with Crippen LogP contribution in [0.15, 0.2) is 59.2 Å². The monoisotopic (exact) mass is 522 g/mol. The van der Waals surface area contributed by atoms with Gasteiger partial charge in [-0.3, -0.25) is 9.78 Å². The summed E-state index contributed by atoms with van der Waals surface area (Å²) < 4.78 is 0.959. The molecule has 1 unspecified atom stereocenters. The second-order valence-corrected chi connectivity index (χ2v) is 10.1. The summed E-state index contributed by atoms with van der Waals surface area (Å²) in [4.78, 5) is 19.7. The lowest BCUT2D eigenvalue weighted by atomic mass is 9.76. The normalized spacial score (nSPS) is 17.9. The molecule has 1 fully saturated rings. The maximum atomic E-state index is 12.9. The van der Waals surface area contributed by atoms with E-state index in [9.17, 15) is 9.90 Å². The number of aromatic hydroxyl groups is 1. The van der Waals surface area contributed by atoms with E-state index in [0.717, 1.165) is 57.8 Å². The molecule has 3 aromatic rings. The number of piperidine rings is 1. The summed E-state index contributed by atoms with van der Waals surface area (Å²) >= 11 is 9.87. The predicted molar refractivity (Wildman–Crippen MR) is 135 cm³/mol. The van der Waals surface area contributed by atoms with Crippen molar-refractivity contribution in [3.05, 3.63) is 92.2 Å². The summed E-state index contributed by atoms with van der Waals surface area (Å²) in [6.45, 7) is 1.45. The largest absolute Gasteiger partial charge is 0.508 e. The number of phenolic OH excluding ortho intramolecular Hbond substituents is 1. The van der Waals surface area contributed by atoms with Crippen LogP contribution in [0.1, 0.15) is 46.7 Å². The first-order valence-electron chi connectivity index (χ1n) is 11.2. The van der Waals surface area contributed by atoms with E-state index in [1.54, 1.807) is 18.2 Å². The fourth-order valence-corrected chi connectivity index (χ4v) is 5.60. The summed E-state index contributed by atoms with van der Waals surface area (Å²) in [7, 11) is 0. The van der Waals surface area contributed by atoms with Gasteiger partial charge in [0.1, 0.15) is 5.75 Å². The van der Waals surface area contributed by atoms with E-state index in [-0.39, 0.29) is 17.6 Å². The third-order valence-corrected chi connectivity index (χ3v) is 7.34. The second-order valence-electron chi connectivity index (χ2n) is 8.78. The van der Waals surface area contributed by atoms with Crippen molar-refractivity contribution in [3.8, 4) is 5.75 Å². The van der Waals surface area contributed by atoms with Crippen molar-refractivity contribution >= 4 is 45.6 Å². The third kappa shape index (κ3) is 4.71. The molecule has 0 bridgehead atoms. The molecule has 0 spiro atoms. The molecule has 1 aliphatic carbocycles. The molecule has 1 atom stereocenters. The van der Waals surface area contributed by atoms with Gasteiger partial charge in [-0.25, -0.2) is 0 Å². The van der Waals surface area contributed by atoms with Gasteiger partial charge in [0, 0.05) is 34.7 Å². The van der Waals surface area contributed by atoms with Crippen molar-refractivity contribution in [1.82, 2.24) is 9.88 Å². The number of hydrogen-bond donors (Lipinski definition) is 1. The Kier molecular flexibility index (Phi) is 6.26. The SMILES string of the molecule is O=C(Cc1cccc(O)c1)N1CCC(C2c3ccc(Cl)cc3C=Cc3cc(Br)cnc32)CC1. The Labute approximate surface area is 207 Å². The molecule has 1 N–H and O–H groups in total. The number of rotatable bonds is 3. The van der Waals surface area contributed by atoms with E-state index in [0.29, 0.717) is 12.3 Å². The second kappa shape index (κ2) is 9.32. The van der Waals surface area contributed by atoms with Crippen molar-refractivity contribution in [2.45, 2.75) is 25.2 Å². The molecule has 2 aromatic carbocycles. The maximum Gasteiger partial charge on any atom is 0.226 e. The van der Waals surface area contributed by atoms with Crippen LogP contribution >= 0.6 is 27.5 Å². The number of hydrogen-bond acceptors (Lipinski definition) is 3. The fraction of sp³-hybridized carbons (Fsp3) is 0.259. The van der Waals surface area contributed by atoms with Crippen molar-refractivity contribution in [2.24, 2.45) is 5.92 Å². The lowest BCUT2D eigenvalue weighted by Gasteiger charge is -2.37. The van der Waals surface area contributed by atoms with Crippen molar-refractivity contribution in [2.75, 3.05) is 13.1 Å². The summed E-state index contributed by atoms with van der Waals surface area (Å²) in [6, 6.07) is 15.2. The number of pyridine rings is 1. The minimum Gasteiger partial charge on any atom is -0.508 e. The highest BCUT2D eigenvalue weighted by molar-refractivity contribution is 9.10. The molecule has 33 heavy (non-hydrogen) atoms. The zero-order valence-corrected chi connectivity index (χ0v) is 20.4. The molecule has 1 aromatic heterocycles. The van der Waals surface area contributed by atoms with E-state index in [1.807, 2.05) is 29.3 Å². The number of likely N-dealkylation sites (tertiary alicyclic amines) is 1. The quantitative estimate of drug-likeness (QED) is 0.438. The zero-order valence-electron chi connectivity index (χ0n) is 18.0. The van der Waals surface area contributed by atoms with Gasteiger partial charge in [-0.2, -0.15) is 0 Å². The summed E-state index contributed by atoms with van der Waals surface area (Å²) in [5, 5.41) is 10.4. The number of carbonyl (C=O) groups excluding carboxylic acids is 1. The maximum absolute atomic E-state index is 12.9. The number of nitrogens with zero attached hydrogens (tertiary/aromatic N) is 2. The average molecular weight is 524 g/mol. The molecule has 1 saturated heterocycles.